The van der Waals surface area contributed by atoms with E-state index >= 15 is 0 Å². The van der Waals surface area contributed by atoms with E-state index in [9.17, 15) is 0 Å². The third kappa shape index (κ3) is 7.33. The van der Waals surface area contributed by atoms with Gasteiger partial charge in [-0.15, -0.1) is 24.0 Å². The van der Waals surface area contributed by atoms with Crippen molar-refractivity contribution in [3.8, 4) is 0 Å². The lowest BCUT2D eigenvalue weighted by Crippen LogP contribution is -2.56. The highest BCUT2D eigenvalue weighted by Gasteiger charge is 2.36. The number of fused-ring (bicyclic) bond motifs is 2. The highest BCUT2D eigenvalue weighted by molar-refractivity contribution is 14.0. The van der Waals surface area contributed by atoms with E-state index in [4.69, 9.17) is 14.5 Å². The van der Waals surface area contributed by atoms with E-state index in [2.05, 4.69) is 29.5 Å². The topological polar surface area (TPSA) is 58.1 Å². The maximum Gasteiger partial charge on any atom is 0.191 e. The van der Waals surface area contributed by atoms with Crippen molar-refractivity contribution in [2.45, 2.75) is 70.0 Å². The SMILES string of the molecule is CCNC(=NCCCOCC1CCOC1)NC1CC2CCCC(C1)N2C.I. The molecule has 3 atom stereocenters. The van der Waals surface area contributed by atoms with Gasteiger partial charge in [-0.2, -0.15) is 0 Å². The molecular formula is C20H39IN4O2. The Morgan fingerprint density at radius 2 is 2.00 bits per heavy atom. The lowest BCUT2D eigenvalue weighted by atomic mass is 9.82. The molecule has 2 bridgehead atoms. The number of guanidine groups is 1. The minimum absolute atomic E-state index is 0. The van der Waals surface area contributed by atoms with Crippen LogP contribution in [0, 0.1) is 5.92 Å². The minimum atomic E-state index is 0. The Balaban J connectivity index is 0.00000261. The minimum Gasteiger partial charge on any atom is -0.381 e. The number of nitrogens with zero attached hydrogens (tertiary/aromatic N) is 2. The molecule has 7 heteroatoms. The second kappa shape index (κ2) is 12.4. The molecule has 0 aliphatic carbocycles. The highest BCUT2D eigenvalue weighted by atomic mass is 127. The third-order valence-electron chi connectivity index (χ3n) is 6.12. The second-order valence-electron chi connectivity index (χ2n) is 8.14. The van der Waals surface area contributed by atoms with Crippen molar-refractivity contribution < 1.29 is 9.47 Å². The molecule has 27 heavy (non-hydrogen) atoms. The van der Waals surface area contributed by atoms with E-state index in [1.54, 1.807) is 0 Å². The summed E-state index contributed by atoms with van der Waals surface area (Å²) in [7, 11) is 2.31. The van der Waals surface area contributed by atoms with Crippen molar-refractivity contribution in [3.05, 3.63) is 0 Å². The van der Waals surface area contributed by atoms with Crippen LogP contribution in [0.5, 0.6) is 0 Å². The Kier molecular flexibility index (Phi) is 10.7. The third-order valence-corrected chi connectivity index (χ3v) is 6.12. The van der Waals surface area contributed by atoms with Crippen molar-refractivity contribution in [2.24, 2.45) is 10.9 Å². The molecule has 3 aliphatic heterocycles. The summed E-state index contributed by atoms with van der Waals surface area (Å²) in [5, 5.41) is 7.11. The standard InChI is InChI=1S/C20H38N4O2.HI/c1-3-21-20(22-9-5-10-25-14-16-8-11-26-15-16)23-17-12-18-6-4-7-19(13-17)24(18)2;/h16-19H,3-15H2,1-2H3,(H2,21,22,23);1H. The summed E-state index contributed by atoms with van der Waals surface area (Å²) in [6.07, 6.45) is 8.69. The predicted octanol–water partition coefficient (Wildman–Crippen LogP) is 2.62. The van der Waals surface area contributed by atoms with Gasteiger partial charge in [-0.3, -0.25) is 4.99 Å². The van der Waals surface area contributed by atoms with Crippen LogP contribution in [0.1, 0.15) is 51.9 Å². The zero-order valence-corrected chi connectivity index (χ0v) is 19.5. The number of hydrogen-bond donors (Lipinski definition) is 2. The van der Waals surface area contributed by atoms with Crippen LogP contribution in [0.25, 0.3) is 0 Å². The first-order chi connectivity index (χ1) is 12.8. The van der Waals surface area contributed by atoms with Crippen LogP contribution in [-0.2, 0) is 9.47 Å². The normalized spacial score (nSPS) is 31.4. The molecule has 0 aromatic rings. The van der Waals surface area contributed by atoms with Gasteiger partial charge in [0, 0.05) is 50.3 Å². The molecule has 3 fully saturated rings. The number of rotatable bonds is 8. The van der Waals surface area contributed by atoms with Crippen molar-refractivity contribution in [3.63, 3.8) is 0 Å². The van der Waals surface area contributed by atoms with Gasteiger partial charge >= 0.3 is 0 Å². The lowest BCUT2D eigenvalue weighted by Gasteiger charge is -2.47. The van der Waals surface area contributed by atoms with Crippen LogP contribution < -0.4 is 10.6 Å². The van der Waals surface area contributed by atoms with Gasteiger partial charge in [0.15, 0.2) is 5.96 Å². The molecule has 0 radical (unpaired) electrons. The van der Waals surface area contributed by atoms with E-state index < -0.39 is 0 Å². The van der Waals surface area contributed by atoms with Crippen LogP contribution in [0.15, 0.2) is 4.99 Å². The number of ether oxygens (including phenoxy) is 2. The first-order valence-electron chi connectivity index (χ1n) is 10.7. The number of hydrogen-bond acceptors (Lipinski definition) is 4. The number of aliphatic imine (C=N–C) groups is 1. The fourth-order valence-corrected chi connectivity index (χ4v) is 4.57. The van der Waals surface area contributed by atoms with Gasteiger partial charge in [0.25, 0.3) is 0 Å². The first kappa shape index (κ1) is 23.2. The van der Waals surface area contributed by atoms with Crippen LogP contribution in [0.2, 0.25) is 0 Å². The largest absolute Gasteiger partial charge is 0.381 e. The molecule has 0 amide bonds. The Morgan fingerprint density at radius 1 is 1.22 bits per heavy atom. The maximum atomic E-state index is 5.78. The van der Waals surface area contributed by atoms with E-state index in [1.807, 2.05) is 0 Å². The van der Waals surface area contributed by atoms with E-state index in [0.29, 0.717) is 12.0 Å². The number of halogens is 1. The number of piperidine rings is 2. The molecule has 3 heterocycles. The fourth-order valence-electron chi connectivity index (χ4n) is 4.57. The average molecular weight is 494 g/mol. The molecule has 0 aromatic carbocycles. The summed E-state index contributed by atoms with van der Waals surface area (Å²) in [5.41, 5.74) is 0. The summed E-state index contributed by atoms with van der Waals surface area (Å²) >= 11 is 0. The van der Waals surface area contributed by atoms with E-state index in [-0.39, 0.29) is 24.0 Å². The monoisotopic (exact) mass is 494 g/mol. The molecule has 3 unspecified atom stereocenters. The van der Waals surface area contributed by atoms with Gasteiger partial charge in [0.1, 0.15) is 0 Å². The first-order valence-corrected chi connectivity index (χ1v) is 10.7. The molecular weight excluding hydrogens is 455 g/mol. The van der Waals surface area contributed by atoms with Gasteiger partial charge in [-0.1, -0.05) is 6.42 Å². The van der Waals surface area contributed by atoms with Gasteiger partial charge in [-0.25, -0.2) is 0 Å². The average Bonchev–Trinajstić information content (AvgIpc) is 3.12. The second-order valence-corrected chi connectivity index (χ2v) is 8.14. The van der Waals surface area contributed by atoms with Gasteiger partial charge < -0.3 is 25.0 Å². The molecule has 3 rings (SSSR count). The van der Waals surface area contributed by atoms with E-state index in [0.717, 1.165) is 70.4 Å². The zero-order valence-electron chi connectivity index (χ0n) is 17.1. The highest BCUT2D eigenvalue weighted by Crippen LogP contribution is 2.32. The molecule has 0 aromatic heterocycles. The summed E-state index contributed by atoms with van der Waals surface area (Å²) in [6.45, 7) is 7.24. The fraction of sp³-hybridized carbons (Fsp3) is 0.950. The number of nitrogens with one attached hydrogen (secondary N) is 2. The Morgan fingerprint density at radius 3 is 2.67 bits per heavy atom. The molecule has 3 aliphatic rings. The molecule has 0 spiro atoms. The van der Waals surface area contributed by atoms with Crippen molar-refractivity contribution in [2.75, 3.05) is 46.6 Å². The molecule has 6 nitrogen and oxygen atoms in total. The van der Waals surface area contributed by atoms with Crippen LogP contribution in [0.4, 0.5) is 0 Å². The maximum absolute atomic E-state index is 5.78. The van der Waals surface area contributed by atoms with Gasteiger partial charge in [0.05, 0.1) is 13.2 Å². The summed E-state index contributed by atoms with van der Waals surface area (Å²) < 4.78 is 11.2. The lowest BCUT2D eigenvalue weighted by molar-refractivity contribution is 0.0526. The smallest absolute Gasteiger partial charge is 0.191 e. The molecule has 158 valence electrons. The van der Waals surface area contributed by atoms with Gasteiger partial charge in [0.2, 0.25) is 0 Å². The van der Waals surface area contributed by atoms with Crippen molar-refractivity contribution in [1.29, 1.82) is 0 Å². The molecule has 0 saturated carbocycles. The van der Waals surface area contributed by atoms with Crippen molar-refractivity contribution in [1.82, 2.24) is 15.5 Å². The van der Waals surface area contributed by atoms with Gasteiger partial charge in [-0.05, 0) is 52.5 Å². The summed E-state index contributed by atoms with van der Waals surface area (Å²) in [6, 6.07) is 2.05. The summed E-state index contributed by atoms with van der Waals surface area (Å²) in [4.78, 5) is 7.38. The Bertz CT molecular complexity index is 432. The van der Waals surface area contributed by atoms with Crippen LogP contribution >= 0.6 is 24.0 Å². The quantitative estimate of drug-likeness (QED) is 0.235. The summed E-state index contributed by atoms with van der Waals surface area (Å²) in [5.74, 6) is 1.57. The zero-order chi connectivity index (χ0) is 18.2. The predicted molar refractivity (Wildman–Crippen MR) is 121 cm³/mol. The van der Waals surface area contributed by atoms with Crippen LogP contribution in [0.3, 0.4) is 0 Å². The molecule has 3 saturated heterocycles. The van der Waals surface area contributed by atoms with Crippen LogP contribution in [-0.4, -0.2) is 75.5 Å². The Hall–Kier alpha value is -0.120. The molecule has 2 N–H and O–H groups in total. The Labute approximate surface area is 182 Å². The van der Waals surface area contributed by atoms with E-state index in [1.165, 1.54) is 32.1 Å². The van der Waals surface area contributed by atoms with Crippen molar-refractivity contribution >= 4 is 29.9 Å².